The van der Waals surface area contributed by atoms with Gasteiger partial charge in [-0.1, -0.05) is 29.4 Å². The summed E-state index contributed by atoms with van der Waals surface area (Å²) in [6, 6.07) is 12.6. The maximum absolute atomic E-state index is 12.1. The number of hydrogen-bond acceptors (Lipinski definition) is 7. The van der Waals surface area contributed by atoms with E-state index in [-0.39, 0.29) is 23.5 Å². The van der Waals surface area contributed by atoms with Gasteiger partial charge in [-0.3, -0.25) is 4.79 Å². The number of hydrogen-bond donors (Lipinski definition) is 1. The summed E-state index contributed by atoms with van der Waals surface area (Å²) in [5, 5.41) is 20.3. The third-order valence-corrected chi connectivity index (χ3v) is 4.76. The molecule has 0 fully saturated rings. The largest absolute Gasteiger partial charge is 0.484 e. The van der Waals surface area contributed by atoms with E-state index in [0.717, 1.165) is 28.6 Å². The van der Waals surface area contributed by atoms with E-state index >= 15 is 0 Å². The number of aromatic nitrogens is 2. The second-order valence-corrected chi connectivity index (χ2v) is 7.58. The van der Waals surface area contributed by atoms with E-state index in [0.29, 0.717) is 22.2 Å². The molecule has 0 bridgehead atoms. The quantitative estimate of drug-likeness (QED) is 0.552. The van der Waals surface area contributed by atoms with Gasteiger partial charge < -0.3 is 14.5 Å². The monoisotopic (exact) mass is 428 g/mol. The fourth-order valence-electron chi connectivity index (χ4n) is 2.55. The highest BCUT2D eigenvalue weighted by Crippen LogP contribution is 2.22. The van der Waals surface area contributed by atoms with E-state index in [9.17, 15) is 4.79 Å². The summed E-state index contributed by atoms with van der Waals surface area (Å²) in [5.74, 6) is 0.759. The summed E-state index contributed by atoms with van der Waals surface area (Å²) in [5.41, 5.74) is 2.90. The molecule has 0 atom stereocenters. The molecule has 0 spiro atoms. The SMILES string of the molecule is Cc1cc(C)cc(OCc2nnc(SCC(=O)Nc3cc(Cl)ccc3C#N)o2)c1. The highest BCUT2D eigenvalue weighted by Gasteiger charge is 2.12. The van der Waals surface area contributed by atoms with Crippen LogP contribution in [0.3, 0.4) is 0 Å². The number of anilines is 1. The van der Waals surface area contributed by atoms with Crippen molar-refractivity contribution < 1.29 is 13.9 Å². The molecule has 0 aliphatic rings. The van der Waals surface area contributed by atoms with Gasteiger partial charge in [0, 0.05) is 5.02 Å². The lowest BCUT2D eigenvalue weighted by atomic mass is 10.1. The number of rotatable bonds is 7. The van der Waals surface area contributed by atoms with Gasteiger partial charge >= 0.3 is 0 Å². The summed E-state index contributed by atoms with van der Waals surface area (Å²) >= 11 is 7.00. The van der Waals surface area contributed by atoms with Crippen LogP contribution >= 0.6 is 23.4 Å². The van der Waals surface area contributed by atoms with Gasteiger partial charge in [0.25, 0.3) is 11.1 Å². The highest BCUT2D eigenvalue weighted by molar-refractivity contribution is 7.99. The number of benzene rings is 2. The van der Waals surface area contributed by atoms with Crippen molar-refractivity contribution in [2.75, 3.05) is 11.1 Å². The van der Waals surface area contributed by atoms with E-state index in [1.54, 1.807) is 12.1 Å². The van der Waals surface area contributed by atoms with Crippen molar-refractivity contribution >= 4 is 35.0 Å². The average molecular weight is 429 g/mol. The van der Waals surface area contributed by atoms with Crippen molar-refractivity contribution in [3.05, 3.63) is 64.0 Å². The first kappa shape index (κ1) is 20.7. The Bertz CT molecular complexity index is 1060. The minimum absolute atomic E-state index is 0.0386. The molecule has 7 nitrogen and oxygen atoms in total. The fraction of sp³-hybridized carbons (Fsp3) is 0.200. The molecule has 3 rings (SSSR count). The van der Waals surface area contributed by atoms with Crippen LogP contribution in [-0.4, -0.2) is 21.9 Å². The molecule has 0 radical (unpaired) electrons. The molecule has 1 N–H and O–H groups in total. The summed E-state index contributed by atoms with van der Waals surface area (Å²) in [7, 11) is 0. The van der Waals surface area contributed by atoms with E-state index in [1.165, 1.54) is 6.07 Å². The number of nitriles is 1. The van der Waals surface area contributed by atoms with Crippen LogP contribution in [0.25, 0.3) is 0 Å². The van der Waals surface area contributed by atoms with Gasteiger partial charge in [0.2, 0.25) is 5.91 Å². The molecule has 1 aromatic heterocycles. The first-order chi connectivity index (χ1) is 13.9. The molecule has 1 heterocycles. The zero-order valence-corrected chi connectivity index (χ0v) is 17.3. The molecular formula is C20H17ClN4O3S. The van der Waals surface area contributed by atoms with Crippen LogP contribution in [0.2, 0.25) is 5.02 Å². The third kappa shape index (κ3) is 5.98. The lowest BCUT2D eigenvalue weighted by Crippen LogP contribution is -2.15. The lowest BCUT2D eigenvalue weighted by Gasteiger charge is -2.06. The fourth-order valence-corrected chi connectivity index (χ4v) is 3.30. The van der Waals surface area contributed by atoms with E-state index in [2.05, 4.69) is 21.6 Å². The van der Waals surface area contributed by atoms with Crippen LogP contribution in [0.4, 0.5) is 5.69 Å². The van der Waals surface area contributed by atoms with Crippen LogP contribution in [0.5, 0.6) is 5.75 Å². The zero-order chi connectivity index (χ0) is 20.8. The first-order valence-corrected chi connectivity index (χ1v) is 9.95. The predicted octanol–water partition coefficient (Wildman–Crippen LogP) is 4.52. The molecule has 0 saturated heterocycles. The number of carbonyl (C=O) groups is 1. The van der Waals surface area contributed by atoms with Crippen LogP contribution in [-0.2, 0) is 11.4 Å². The van der Waals surface area contributed by atoms with E-state index < -0.39 is 0 Å². The molecule has 9 heteroatoms. The topological polar surface area (TPSA) is 101 Å². The van der Waals surface area contributed by atoms with Gasteiger partial charge in [-0.05, 0) is 55.3 Å². The van der Waals surface area contributed by atoms with Crippen molar-refractivity contribution in [1.29, 1.82) is 5.26 Å². The van der Waals surface area contributed by atoms with Gasteiger partial charge in [0.05, 0.1) is 17.0 Å². The Kier molecular flexibility index (Phi) is 6.75. The molecule has 1 amide bonds. The Morgan fingerprint density at radius 3 is 2.72 bits per heavy atom. The average Bonchev–Trinajstić information content (AvgIpc) is 3.12. The standard InChI is InChI=1S/C20H17ClN4O3S/c1-12-5-13(2)7-16(6-12)27-10-19-24-25-20(28-19)29-11-18(26)23-17-8-15(21)4-3-14(17)9-22/h3-8H,10-11H2,1-2H3,(H,23,26). The molecule has 29 heavy (non-hydrogen) atoms. The zero-order valence-electron chi connectivity index (χ0n) is 15.7. The Balaban J connectivity index is 1.52. The van der Waals surface area contributed by atoms with Crippen molar-refractivity contribution in [2.45, 2.75) is 25.7 Å². The number of ether oxygens (including phenoxy) is 1. The molecule has 0 aliphatic carbocycles. The maximum atomic E-state index is 12.1. The van der Waals surface area contributed by atoms with Gasteiger partial charge in [0.1, 0.15) is 11.8 Å². The number of halogens is 1. The molecule has 148 valence electrons. The van der Waals surface area contributed by atoms with Gasteiger partial charge in [0.15, 0.2) is 6.61 Å². The van der Waals surface area contributed by atoms with Crippen molar-refractivity contribution in [2.24, 2.45) is 0 Å². The van der Waals surface area contributed by atoms with E-state index in [4.69, 9.17) is 26.0 Å². The number of nitrogens with zero attached hydrogens (tertiary/aromatic N) is 3. The summed E-state index contributed by atoms with van der Waals surface area (Å²) in [6.45, 7) is 4.13. The normalized spacial score (nSPS) is 10.4. The van der Waals surface area contributed by atoms with Crippen molar-refractivity contribution in [3.8, 4) is 11.8 Å². The third-order valence-electron chi connectivity index (χ3n) is 3.71. The van der Waals surface area contributed by atoms with E-state index in [1.807, 2.05) is 32.0 Å². The number of nitrogens with one attached hydrogen (secondary N) is 1. The minimum atomic E-state index is -0.319. The number of thioether (sulfide) groups is 1. The van der Waals surface area contributed by atoms with Crippen LogP contribution in [0.1, 0.15) is 22.6 Å². The molecule has 3 aromatic rings. The van der Waals surface area contributed by atoms with Crippen molar-refractivity contribution in [3.63, 3.8) is 0 Å². The second-order valence-electron chi connectivity index (χ2n) is 6.21. The number of amides is 1. The Morgan fingerprint density at radius 2 is 2.00 bits per heavy atom. The van der Waals surface area contributed by atoms with Crippen LogP contribution in [0.15, 0.2) is 46.0 Å². The number of aryl methyl sites for hydroxylation is 2. The van der Waals surface area contributed by atoms with Gasteiger partial charge in [-0.15, -0.1) is 10.2 Å². The predicted molar refractivity (Wildman–Crippen MR) is 110 cm³/mol. The molecule has 0 aliphatic heterocycles. The highest BCUT2D eigenvalue weighted by atomic mass is 35.5. The number of carbonyl (C=O) groups excluding carboxylic acids is 1. The van der Waals surface area contributed by atoms with Crippen LogP contribution < -0.4 is 10.1 Å². The molecule has 0 unspecified atom stereocenters. The summed E-state index contributed by atoms with van der Waals surface area (Å²) in [4.78, 5) is 12.1. The minimum Gasteiger partial charge on any atom is -0.484 e. The van der Waals surface area contributed by atoms with Gasteiger partial charge in [-0.2, -0.15) is 5.26 Å². The molecule has 2 aromatic carbocycles. The smallest absolute Gasteiger partial charge is 0.277 e. The molecular weight excluding hydrogens is 412 g/mol. The summed E-state index contributed by atoms with van der Waals surface area (Å²) < 4.78 is 11.2. The Hall–Kier alpha value is -3.02. The Labute approximate surface area is 177 Å². The lowest BCUT2D eigenvalue weighted by molar-refractivity contribution is -0.113. The summed E-state index contributed by atoms with van der Waals surface area (Å²) in [6.07, 6.45) is 0. The Morgan fingerprint density at radius 1 is 1.24 bits per heavy atom. The maximum Gasteiger partial charge on any atom is 0.277 e. The van der Waals surface area contributed by atoms with Crippen molar-refractivity contribution in [1.82, 2.24) is 10.2 Å². The molecule has 0 saturated carbocycles. The first-order valence-electron chi connectivity index (χ1n) is 8.58. The van der Waals surface area contributed by atoms with Crippen LogP contribution in [0, 0.1) is 25.2 Å². The van der Waals surface area contributed by atoms with Gasteiger partial charge in [-0.25, -0.2) is 0 Å². The second kappa shape index (κ2) is 9.45.